The zero-order valence-electron chi connectivity index (χ0n) is 12.9. The highest BCUT2D eigenvalue weighted by Gasteiger charge is 2.23. The maximum atomic E-state index is 13.8. The molecule has 0 unspecified atom stereocenters. The SMILES string of the molecule is C[C@@H]1CCc2c(sc3ncnc(SCc4ccccc4F)c23)C1. The van der Waals surface area contributed by atoms with Gasteiger partial charge in [-0.2, -0.15) is 0 Å². The Balaban J connectivity index is 1.69. The lowest BCUT2D eigenvalue weighted by Crippen LogP contribution is -2.08. The lowest BCUT2D eigenvalue weighted by molar-refractivity contribution is 0.509. The minimum Gasteiger partial charge on any atom is -0.229 e. The Morgan fingerprint density at radius 1 is 1.30 bits per heavy atom. The van der Waals surface area contributed by atoms with Gasteiger partial charge in [0.15, 0.2) is 0 Å². The van der Waals surface area contributed by atoms with Gasteiger partial charge in [-0.15, -0.1) is 23.1 Å². The molecule has 0 N–H and O–H groups in total. The molecular formula is C18H17FN2S2. The molecule has 0 saturated heterocycles. The lowest BCUT2D eigenvalue weighted by atomic mass is 9.89. The third-order valence-electron chi connectivity index (χ3n) is 4.38. The molecule has 0 aliphatic heterocycles. The summed E-state index contributed by atoms with van der Waals surface area (Å²) in [7, 11) is 0. The van der Waals surface area contributed by atoms with Crippen LogP contribution in [0.5, 0.6) is 0 Å². The molecular weight excluding hydrogens is 327 g/mol. The third-order valence-corrected chi connectivity index (χ3v) is 6.58. The highest BCUT2D eigenvalue weighted by molar-refractivity contribution is 7.98. The molecule has 2 heterocycles. The molecule has 5 heteroatoms. The van der Waals surface area contributed by atoms with Gasteiger partial charge in [-0.05, 0) is 42.4 Å². The summed E-state index contributed by atoms with van der Waals surface area (Å²) in [6, 6.07) is 6.95. The van der Waals surface area contributed by atoms with Crippen LogP contribution >= 0.6 is 23.1 Å². The quantitative estimate of drug-likeness (QED) is 0.479. The molecule has 1 aliphatic rings. The molecule has 1 atom stereocenters. The predicted molar refractivity (Wildman–Crippen MR) is 94.6 cm³/mol. The van der Waals surface area contributed by atoms with E-state index in [0.717, 1.165) is 34.2 Å². The van der Waals surface area contributed by atoms with Crippen molar-refractivity contribution in [2.24, 2.45) is 5.92 Å². The van der Waals surface area contributed by atoms with Crippen LogP contribution in [0.4, 0.5) is 4.39 Å². The number of fused-ring (bicyclic) bond motifs is 3. The molecule has 0 saturated carbocycles. The molecule has 23 heavy (non-hydrogen) atoms. The molecule has 0 bridgehead atoms. The molecule has 1 aliphatic carbocycles. The van der Waals surface area contributed by atoms with E-state index in [1.165, 1.54) is 28.3 Å². The maximum Gasteiger partial charge on any atom is 0.128 e. The molecule has 118 valence electrons. The predicted octanol–water partition coefficient (Wildman–Crippen LogP) is 5.25. The molecule has 1 aromatic carbocycles. The van der Waals surface area contributed by atoms with E-state index in [0.29, 0.717) is 5.75 Å². The normalized spacial score (nSPS) is 17.4. The Bertz CT molecular complexity index is 859. The van der Waals surface area contributed by atoms with Crippen molar-refractivity contribution in [3.8, 4) is 0 Å². The Morgan fingerprint density at radius 2 is 2.17 bits per heavy atom. The van der Waals surface area contributed by atoms with Crippen molar-refractivity contribution in [1.82, 2.24) is 9.97 Å². The number of hydrogen-bond acceptors (Lipinski definition) is 4. The molecule has 0 amide bonds. The van der Waals surface area contributed by atoms with Gasteiger partial charge >= 0.3 is 0 Å². The third kappa shape index (κ3) is 2.88. The first-order valence-electron chi connectivity index (χ1n) is 7.84. The van der Waals surface area contributed by atoms with Gasteiger partial charge in [-0.1, -0.05) is 25.1 Å². The number of hydrogen-bond donors (Lipinski definition) is 0. The second-order valence-corrected chi connectivity index (χ2v) is 8.14. The Labute approximate surface area is 143 Å². The van der Waals surface area contributed by atoms with Crippen molar-refractivity contribution in [3.05, 3.63) is 52.4 Å². The number of aryl methyl sites for hydroxylation is 1. The van der Waals surface area contributed by atoms with Crippen LogP contribution in [0.1, 0.15) is 29.3 Å². The molecule has 3 aromatic rings. The van der Waals surface area contributed by atoms with Crippen LogP contribution in [0, 0.1) is 11.7 Å². The Morgan fingerprint density at radius 3 is 3.04 bits per heavy atom. The van der Waals surface area contributed by atoms with E-state index in [9.17, 15) is 4.39 Å². The number of halogens is 1. The van der Waals surface area contributed by atoms with Gasteiger partial charge in [0.2, 0.25) is 0 Å². The standard InChI is InChI=1S/C18H17FN2S2/c1-11-6-7-13-15(8-11)23-18-16(13)17(20-10-21-18)22-9-12-4-2-3-5-14(12)19/h2-5,10-11H,6-9H2,1H3/t11-/m1/s1. The number of rotatable bonds is 3. The fourth-order valence-electron chi connectivity index (χ4n) is 3.12. The van der Waals surface area contributed by atoms with Gasteiger partial charge in [-0.25, -0.2) is 14.4 Å². The van der Waals surface area contributed by atoms with E-state index in [-0.39, 0.29) is 5.82 Å². The van der Waals surface area contributed by atoms with Gasteiger partial charge < -0.3 is 0 Å². The number of benzene rings is 1. The van der Waals surface area contributed by atoms with Gasteiger partial charge in [0.25, 0.3) is 0 Å². The average Bonchev–Trinajstić information content (AvgIpc) is 2.92. The van der Waals surface area contributed by atoms with E-state index in [4.69, 9.17) is 0 Å². The Hall–Kier alpha value is -1.46. The highest BCUT2D eigenvalue weighted by Crippen LogP contribution is 2.41. The van der Waals surface area contributed by atoms with Crippen molar-refractivity contribution in [1.29, 1.82) is 0 Å². The fourth-order valence-corrected chi connectivity index (χ4v) is 5.54. The smallest absolute Gasteiger partial charge is 0.128 e. The number of thioether (sulfide) groups is 1. The first-order chi connectivity index (χ1) is 11.2. The van der Waals surface area contributed by atoms with Crippen LogP contribution in [-0.2, 0) is 18.6 Å². The minimum absolute atomic E-state index is 0.147. The van der Waals surface area contributed by atoms with E-state index < -0.39 is 0 Å². The van der Waals surface area contributed by atoms with Crippen molar-refractivity contribution >= 4 is 33.3 Å². The van der Waals surface area contributed by atoms with E-state index in [1.807, 2.05) is 12.1 Å². The first kappa shape index (κ1) is 15.1. The topological polar surface area (TPSA) is 25.8 Å². The van der Waals surface area contributed by atoms with Crippen LogP contribution in [0.3, 0.4) is 0 Å². The van der Waals surface area contributed by atoms with Crippen molar-refractivity contribution in [2.45, 2.75) is 37.0 Å². The minimum atomic E-state index is -0.147. The van der Waals surface area contributed by atoms with Gasteiger partial charge in [0.05, 0.1) is 0 Å². The van der Waals surface area contributed by atoms with E-state index in [2.05, 4.69) is 16.9 Å². The molecule has 0 radical (unpaired) electrons. The summed E-state index contributed by atoms with van der Waals surface area (Å²) in [6.45, 7) is 2.31. The maximum absolute atomic E-state index is 13.8. The highest BCUT2D eigenvalue weighted by atomic mass is 32.2. The summed E-state index contributed by atoms with van der Waals surface area (Å²) in [5, 5.41) is 2.20. The largest absolute Gasteiger partial charge is 0.229 e. The lowest BCUT2D eigenvalue weighted by Gasteiger charge is -2.18. The van der Waals surface area contributed by atoms with Crippen LogP contribution in [-0.4, -0.2) is 9.97 Å². The fraction of sp³-hybridized carbons (Fsp3) is 0.333. The van der Waals surface area contributed by atoms with Crippen molar-refractivity contribution in [3.63, 3.8) is 0 Å². The van der Waals surface area contributed by atoms with E-state index in [1.54, 1.807) is 35.5 Å². The van der Waals surface area contributed by atoms with Crippen LogP contribution in [0.25, 0.3) is 10.2 Å². The second-order valence-electron chi connectivity index (χ2n) is 6.09. The summed E-state index contributed by atoms with van der Waals surface area (Å²) in [5.41, 5.74) is 2.15. The first-order valence-corrected chi connectivity index (χ1v) is 9.64. The van der Waals surface area contributed by atoms with Gasteiger partial charge in [0, 0.05) is 16.0 Å². The summed E-state index contributed by atoms with van der Waals surface area (Å²) in [4.78, 5) is 11.5. The second kappa shape index (κ2) is 6.21. The van der Waals surface area contributed by atoms with Crippen molar-refractivity contribution < 1.29 is 4.39 Å². The van der Waals surface area contributed by atoms with Crippen molar-refractivity contribution in [2.75, 3.05) is 0 Å². The molecule has 0 fully saturated rings. The molecule has 0 spiro atoms. The zero-order chi connectivity index (χ0) is 15.8. The molecule has 2 aromatic heterocycles. The average molecular weight is 344 g/mol. The number of thiophene rings is 1. The summed E-state index contributed by atoms with van der Waals surface area (Å²) >= 11 is 3.41. The number of aromatic nitrogens is 2. The Kier molecular flexibility index (Phi) is 4.07. The van der Waals surface area contributed by atoms with Crippen LogP contribution in [0.2, 0.25) is 0 Å². The van der Waals surface area contributed by atoms with E-state index >= 15 is 0 Å². The summed E-state index contributed by atoms with van der Waals surface area (Å²) < 4.78 is 13.8. The zero-order valence-corrected chi connectivity index (χ0v) is 14.5. The summed E-state index contributed by atoms with van der Waals surface area (Å²) in [6.07, 6.45) is 5.12. The van der Waals surface area contributed by atoms with Crippen LogP contribution < -0.4 is 0 Å². The van der Waals surface area contributed by atoms with Crippen LogP contribution in [0.15, 0.2) is 35.6 Å². The molecule has 2 nitrogen and oxygen atoms in total. The molecule has 4 rings (SSSR count). The monoisotopic (exact) mass is 344 g/mol. The summed E-state index contributed by atoms with van der Waals surface area (Å²) in [5.74, 6) is 1.20. The number of nitrogens with zero attached hydrogens (tertiary/aromatic N) is 2. The van der Waals surface area contributed by atoms with Gasteiger partial charge in [-0.3, -0.25) is 0 Å². The van der Waals surface area contributed by atoms with Gasteiger partial charge in [0.1, 0.15) is 22.0 Å².